The Bertz CT molecular complexity index is 580. The van der Waals surface area contributed by atoms with Crippen LogP contribution in [0.2, 0.25) is 0 Å². The largest absolute Gasteiger partial charge is 0.598 e. The maximum absolute atomic E-state index is 12.0. The summed E-state index contributed by atoms with van der Waals surface area (Å²) in [6.07, 6.45) is 0.475. The van der Waals surface area contributed by atoms with E-state index >= 15 is 0 Å². The number of sulfone groups is 1. The summed E-state index contributed by atoms with van der Waals surface area (Å²) in [5, 5.41) is 0. The molecule has 0 saturated heterocycles. The lowest BCUT2D eigenvalue weighted by Crippen LogP contribution is -2.44. The summed E-state index contributed by atoms with van der Waals surface area (Å²) in [5.74, 6) is 0. The molecule has 3 N–H and O–H groups in total. The van der Waals surface area contributed by atoms with Crippen molar-refractivity contribution < 1.29 is 13.0 Å². The van der Waals surface area contributed by atoms with Crippen molar-refractivity contribution in [2.75, 3.05) is 6.26 Å². The maximum atomic E-state index is 12.0. The molecule has 0 aliphatic heterocycles. The molecule has 20 heavy (non-hydrogen) atoms. The minimum Gasteiger partial charge on any atom is -0.598 e. The third-order valence-electron chi connectivity index (χ3n) is 2.85. The Kier molecular flexibility index (Phi) is 5.26. The molecule has 0 heterocycles. The normalized spacial score (nSPS) is 15.9. The predicted octanol–water partition coefficient (Wildman–Crippen LogP) is 1.41. The van der Waals surface area contributed by atoms with Gasteiger partial charge >= 0.3 is 0 Å². The van der Waals surface area contributed by atoms with Crippen molar-refractivity contribution in [2.45, 2.75) is 43.5 Å². The molecule has 0 radical (unpaired) electrons. The van der Waals surface area contributed by atoms with E-state index in [0.29, 0.717) is 11.1 Å². The quantitative estimate of drug-likeness (QED) is 0.646. The Balaban J connectivity index is 3.10. The standard InChI is InChI=1S/C13H22N2O3S2/c1-9-10(7-6-8-11(9)20(5,17)18)12(14)15-19(16)13(2,3)4/h6-8,12,15H,14H2,1-5H3/t12-,19+/m0/s1. The number of hydrogen-bond acceptors (Lipinski definition) is 5. The molecule has 0 fully saturated rings. The molecule has 0 aromatic heterocycles. The molecule has 2 atom stereocenters. The molecule has 0 aliphatic carbocycles. The van der Waals surface area contributed by atoms with Crippen LogP contribution in [0.4, 0.5) is 0 Å². The maximum Gasteiger partial charge on any atom is 0.175 e. The van der Waals surface area contributed by atoms with Crippen molar-refractivity contribution in [1.82, 2.24) is 4.72 Å². The van der Waals surface area contributed by atoms with Gasteiger partial charge in [0.05, 0.1) is 4.90 Å². The molecule has 0 unspecified atom stereocenters. The first-order chi connectivity index (χ1) is 8.94. The van der Waals surface area contributed by atoms with E-state index in [0.717, 1.165) is 6.26 Å². The lowest BCUT2D eigenvalue weighted by atomic mass is 10.1. The van der Waals surface area contributed by atoms with Crippen LogP contribution in [-0.4, -0.2) is 24.0 Å². The summed E-state index contributed by atoms with van der Waals surface area (Å²) in [5.41, 5.74) is 7.22. The second-order valence-corrected chi connectivity index (χ2v) is 9.70. The van der Waals surface area contributed by atoms with Crippen LogP contribution in [0.5, 0.6) is 0 Å². The van der Waals surface area contributed by atoms with Gasteiger partial charge in [-0.3, -0.25) is 0 Å². The van der Waals surface area contributed by atoms with E-state index in [1.54, 1.807) is 25.1 Å². The molecule has 0 saturated carbocycles. The number of nitrogens with one attached hydrogen (secondary N) is 1. The van der Waals surface area contributed by atoms with Gasteiger partial charge in [-0.15, -0.1) is 4.72 Å². The minimum atomic E-state index is -3.31. The van der Waals surface area contributed by atoms with Crippen molar-refractivity contribution in [2.24, 2.45) is 5.73 Å². The molecular formula is C13H22N2O3S2. The second-order valence-electron chi connectivity index (χ2n) is 5.72. The molecule has 1 rings (SSSR count). The fraction of sp³-hybridized carbons (Fsp3) is 0.538. The molecule has 1 aromatic rings. The van der Waals surface area contributed by atoms with Gasteiger partial charge in [-0.1, -0.05) is 12.1 Å². The van der Waals surface area contributed by atoms with Crippen LogP contribution in [0, 0.1) is 6.92 Å². The van der Waals surface area contributed by atoms with Gasteiger partial charge in [0, 0.05) is 17.6 Å². The fourth-order valence-corrected chi connectivity index (χ4v) is 3.44. The Morgan fingerprint density at radius 1 is 1.35 bits per heavy atom. The van der Waals surface area contributed by atoms with E-state index in [9.17, 15) is 13.0 Å². The van der Waals surface area contributed by atoms with Gasteiger partial charge in [0.1, 0.15) is 10.9 Å². The van der Waals surface area contributed by atoms with Gasteiger partial charge in [0.2, 0.25) is 0 Å². The number of hydrogen-bond donors (Lipinski definition) is 2. The highest BCUT2D eigenvalue weighted by atomic mass is 32.2. The summed E-state index contributed by atoms with van der Waals surface area (Å²) in [6.45, 7) is 7.21. The summed E-state index contributed by atoms with van der Waals surface area (Å²) in [6, 6.07) is 4.92. The van der Waals surface area contributed by atoms with Crippen LogP contribution in [0.25, 0.3) is 0 Å². The van der Waals surface area contributed by atoms with Crippen LogP contribution in [0.15, 0.2) is 23.1 Å². The summed E-state index contributed by atoms with van der Waals surface area (Å²) in [7, 11) is -3.31. The third kappa shape index (κ3) is 4.20. The molecule has 7 heteroatoms. The highest BCUT2D eigenvalue weighted by molar-refractivity contribution is 7.91. The average Bonchev–Trinajstić information content (AvgIpc) is 2.26. The molecule has 5 nitrogen and oxygen atoms in total. The van der Waals surface area contributed by atoms with Crippen molar-refractivity contribution in [3.05, 3.63) is 29.3 Å². The van der Waals surface area contributed by atoms with Crippen molar-refractivity contribution in [3.63, 3.8) is 0 Å². The summed E-state index contributed by atoms with van der Waals surface area (Å²) in [4.78, 5) is 0.244. The van der Waals surface area contributed by atoms with Crippen LogP contribution in [0.3, 0.4) is 0 Å². The predicted molar refractivity (Wildman–Crippen MR) is 82.2 cm³/mol. The van der Waals surface area contributed by atoms with Gasteiger partial charge in [0.15, 0.2) is 9.84 Å². The highest BCUT2D eigenvalue weighted by Gasteiger charge is 2.29. The topological polar surface area (TPSA) is 95.2 Å². The average molecular weight is 318 g/mol. The lowest BCUT2D eigenvalue weighted by Gasteiger charge is -2.27. The summed E-state index contributed by atoms with van der Waals surface area (Å²) < 4.78 is 37.8. The van der Waals surface area contributed by atoms with Crippen LogP contribution in [0.1, 0.15) is 38.1 Å². The van der Waals surface area contributed by atoms with Gasteiger partial charge in [-0.2, -0.15) is 0 Å². The van der Waals surface area contributed by atoms with E-state index in [1.807, 2.05) is 20.8 Å². The smallest absolute Gasteiger partial charge is 0.175 e. The molecule has 114 valence electrons. The molecular weight excluding hydrogens is 296 g/mol. The van der Waals surface area contributed by atoms with Gasteiger partial charge in [0.25, 0.3) is 0 Å². The van der Waals surface area contributed by atoms with E-state index < -0.39 is 32.1 Å². The monoisotopic (exact) mass is 318 g/mol. The fourth-order valence-electron chi connectivity index (χ4n) is 1.73. The molecule has 1 aromatic carbocycles. The summed E-state index contributed by atoms with van der Waals surface area (Å²) >= 11 is -1.33. The number of nitrogens with two attached hydrogens (primary N) is 1. The Labute approximate surface area is 124 Å². The van der Waals surface area contributed by atoms with Gasteiger partial charge < -0.3 is 10.3 Å². The number of benzene rings is 1. The Morgan fingerprint density at radius 3 is 2.35 bits per heavy atom. The second kappa shape index (κ2) is 6.03. The SMILES string of the molecule is Cc1c([C@@H](N)N[S@+]([O-])C(C)(C)C)cccc1S(C)(=O)=O. The zero-order valence-electron chi connectivity index (χ0n) is 12.4. The number of rotatable bonds is 4. The zero-order valence-corrected chi connectivity index (χ0v) is 14.1. The zero-order chi connectivity index (χ0) is 15.7. The van der Waals surface area contributed by atoms with Crippen molar-refractivity contribution >= 4 is 21.2 Å². The van der Waals surface area contributed by atoms with Gasteiger partial charge in [-0.05, 0) is 44.9 Å². The molecule has 0 amide bonds. The highest BCUT2D eigenvalue weighted by Crippen LogP contribution is 2.24. The van der Waals surface area contributed by atoms with Crippen molar-refractivity contribution in [1.29, 1.82) is 0 Å². The molecule has 0 aliphatic rings. The molecule has 0 bridgehead atoms. The van der Waals surface area contributed by atoms with E-state index in [1.165, 1.54) is 0 Å². The lowest BCUT2D eigenvalue weighted by molar-refractivity contribution is 0.526. The first-order valence-electron chi connectivity index (χ1n) is 6.18. The molecule has 0 spiro atoms. The minimum absolute atomic E-state index is 0.244. The first-order valence-corrected chi connectivity index (χ1v) is 9.22. The van der Waals surface area contributed by atoms with Crippen LogP contribution in [-0.2, 0) is 21.2 Å². The van der Waals surface area contributed by atoms with E-state index in [-0.39, 0.29) is 4.90 Å². The Morgan fingerprint density at radius 2 is 1.90 bits per heavy atom. The Hall–Kier alpha value is -0.600. The van der Waals surface area contributed by atoms with Crippen LogP contribution >= 0.6 is 0 Å². The first kappa shape index (κ1) is 17.5. The third-order valence-corrected chi connectivity index (χ3v) is 5.67. The van der Waals surface area contributed by atoms with Crippen LogP contribution < -0.4 is 10.5 Å². The van der Waals surface area contributed by atoms with E-state index in [4.69, 9.17) is 5.73 Å². The van der Waals surface area contributed by atoms with Crippen molar-refractivity contribution in [3.8, 4) is 0 Å². The van der Waals surface area contributed by atoms with E-state index in [2.05, 4.69) is 4.72 Å². The van der Waals surface area contributed by atoms with Gasteiger partial charge in [-0.25, -0.2) is 8.42 Å².